The van der Waals surface area contributed by atoms with Crippen molar-refractivity contribution in [2.75, 3.05) is 25.4 Å². The van der Waals surface area contributed by atoms with Gasteiger partial charge in [0.1, 0.15) is 0 Å². The molecule has 1 aromatic rings. The summed E-state index contributed by atoms with van der Waals surface area (Å²) >= 11 is 5.83. The van der Waals surface area contributed by atoms with Crippen LogP contribution in [0.15, 0.2) is 18.2 Å². The van der Waals surface area contributed by atoms with Crippen molar-refractivity contribution in [1.29, 1.82) is 0 Å². The fourth-order valence-corrected chi connectivity index (χ4v) is 2.01. The van der Waals surface area contributed by atoms with Crippen LogP contribution in [0, 0.1) is 5.92 Å². The Labute approximate surface area is 98.6 Å². The van der Waals surface area contributed by atoms with Gasteiger partial charge in [-0.2, -0.15) is 0 Å². The van der Waals surface area contributed by atoms with E-state index in [0.29, 0.717) is 29.4 Å². The molecule has 1 aromatic carbocycles. The first-order valence-electron chi connectivity index (χ1n) is 5.06. The third-order valence-corrected chi connectivity index (χ3v) is 2.89. The van der Waals surface area contributed by atoms with E-state index in [1.54, 1.807) is 23.1 Å². The smallest absolute Gasteiger partial charge is 0.254 e. The average Bonchev–Trinajstić information content (AvgIpc) is 2.14. The number of aliphatic hydroxyl groups excluding tert-OH is 1. The van der Waals surface area contributed by atoms with E-state index in [0.717, 1.165) is 0 Å². The van der Waals surface area contributed by atoms with Crippen LogP contribution in [0.1, 0.15) is 10.4 Å². The normalized spacial score (nSPS) is 16.0. The summed E-state index contributed by atoms with van der Waals surface area (Å²) in [6.07, 6.45) is 0. The van der Waals surface area contributed by atoms with Crippen LogP contribution in [-0.4, -0.2) is 35.6 Å². The highest BCUT2D eigenvalue weighted by Crippen LogP contribution is 2.22. The SMILES string of the molecule is Nc1cc(Cl)cc(C(=O)N2CC(CO)C2)c1. The number of carbonyl (C=O) groups is 1. The summed E-state index contributed by atoms with van der Waals surface area (Å²) in [4.78, 5) is 13.6. The highest BCUT2D eigenvalue weighted by Gasteiger charge is 2.30. The lowest BCUT2D eigenvalue weighted by atomic mass is 10.00. The van der Waals surface area contributed by atoms with E-state index in [1.807, 2.05) is 0 Å². The number of amides is 1. The molecule has 1 saturated heterocycles. The second-order valence-corrected chi connectivity index (χ2v) is 4.47. The maximum absolute atomic E-state index is 11.9. The molecule has 0 bridgehead atoms. The molecule has 0 saturated carbocycles. The largest absolute Gasteiger partial charge is 0.399 e. The fourth-order valence-electron chi connectivity index (χ4n) is 1.77. The number of halogens is 1. The summed E-state index contributed by atoms with van der Waals surface area (Å²) in [5.74, 6) is 0.124. The first-order valence-corrected chi connectivity index (χ1v) is 5.44. The van der Waals surface area contributed by atoms with Gasteiger partial charge in [0.2, 0.25) is 0 Å². The van der Waals surface area contributed by atoms with Gasteiger partial charge in [-0.1, -0.05) is 11.6 Å². The average molecular weight is 241 g/mol. The molecule has 1 heterocycles. The molecule has 0 aliphatic carbocycles. The first-order chi connectivity index (χ1) is 7.60. The number of rotatable bonds is 2. The number of nitrogens with zero attached hydrogens (tertiary/aromatic N) is 1. The lowest BCUT2D eigenvalue weighted by Crippen LogP contribution is -2.51. The Morgan fingerprint density at radius 2 is 2.19 bits per heavy atom. The molecule has 0 unspecified atom stereocenters. The zero-order valence-electron chi connectivity index (χ0n) is 8.69. The van der Waals surface area contributed by atoms with Gasteiger partial charge in [-0.25, -0.2) is 0 Å². The van der Waals surface area contributed by atoms with Crippen LogP contribution in [0.4, 0.5) is 5.69 Å². The molecule has 16 heavy (non-hydrogen) atoms. The van der Waals surface area contributed by atoms with Gasteiger partial charge in [0, 0.05) is 41.9 Å². The van der Waals surface area contributed by atoms with Gasteiger partial charge >= 0.3 is 0 Å². The number of likely N-dealkylation sites (tertiary alicyclic amines) is 1. The van der Waals surface area contributed by atoms with E-state index in [4.69, 9.17) is 22.4 Å². The van der Waals surface area contributed by atoms with E-state index in [9.17, 15) is 4.79 Å². The molecule has 5 heteroatoms. The Bertz CT molecular complexity index is 396. The van der Waals surface area contributed by atoms with Gasteiger partial charge in [0.15, 0.2) is 0 Å². The molecule has 4 nitrogen and oxygen atoms in total. The molecular weight excluding hydrogens is 228 g/mol. The Morgan fingerprint density at radius 3 is 2.75 bits per heavy atom. The summed E-state index contributed by atoms with van der Waals surface area (Å²) in [5.41, 5.74) is 6.60. The third-order valence-electron chi connectivity index (χ3n) is 2.67. The Hall–Kier alpha value is -1.26. The summed E-state index contributed by atoms with van der Waals surface area (Å²) in [5, 5.41) is 9.33. The van der Waals surface area contributed by atoms with E-state index in [1.165, 1.54) is 0 Å². The molecule has 0 spiro atoms. The van der Waals surface area contributed by atoms with Gasteiger partial charge in [-0.05, 0) is 18.2 Å². The van der Waals surface area contributed by atoms with Gasteiger partial charge in [0.05, 0.1) is 0 Å². The maximum Gasteiger partial charge on any atom is 0.254 e. The molecule has 3 N–H and O–H groups in total. The van der Waals surface area contributed by atoms with E-state index in [-0.39, 0.29) is 18.4 Å². The van der Waals surface area contributed by atoms with Gasteiger partial charge < -0.3 is 15.7 Å². The Kier molecular flexibility index (Phi) is 3.03. The minimum atomic E-state index is -0.0844. The van der Waals surface area contributed by atoms with Crippen LogP contribution in [0.3, 0.4) is 0 Å². The number of aliphatic hydroxyl groups is 1. The number of nitrogens with two attached hydrogens (primary N) is 1. The van der Waals surface area contributed by atoms with Crippen molar-refractivity contribution in [1.82, 2.24) is 4.90 Å². The molecular formula is C11H13ClN2O2. The zero-order chi connectivity index (χ0) is 11.7. The van der Waals surface area contributed by atoms with Crippen molar-refractivity contribution >= 4 is 23.2 Å². The van der Waals surface area contributed by atoms with Crippen molar-refractivity contribution in [3.63, 3.8) is 0 Å². The van der Waals surface area contributed by atoms with Crippen molar-refractivity contribution < 1.29 is 9.90 Å². The molecule has 2 rings (SSSR count). The van der Waals surface area contributed by atoms with E-state index >= 15 is 0 Å². The molecule has 1 fully saturated rings. The minimum absolute atomic E-state index is 0.0844. The first kappa shape index (κ1) is 11.2. The van der Waals surface area contributed by atoms with Crippen LogP contribution in [0.25, 0.3) is 0 Å². The molecule has 1 aliphatic heterocycles. The molecule has 0 aromatic heterocycles. The van der Waals surface area contributed by atoms with Gasteiger partial charge in [0.25, 0.3) is 5.91 Å². The number of hydrogen-bond donors (Lipinski definition) is 2. The standard InChI is InChI=1S/C11H13ClN2O2/c12-9-1-8(2-10(13)3-9)11(16)14-4-7(5-14)6-15/h1-3,7,15H,4-6,13H2. The summed E-state index contributed by atoms with van der Waals surface area (Å²) in [6, 6.07) is 4.82. The molecule has 1 aliphatic rings. The summed E-state index contributed by atoms with van der Waals surface area (Å²) < 4.78 is 0. The monoisotopic (exact) mass is 240 g/mol. The highest BCUT2D eigenvalue weighted by molar-refractivity contribution is 6.31. The second-order valence-electron chi connectivity index (χ2n) is 4.03. The summed E-state index contributed by atoms with van der Waals surface area (Å²) in [6.45, 7) is 1.32. The number of carbonyl (C=O) groups excluding carboxylic acids is 1. The predicted molar refractivity (Wildman–Crippen MR) is 62.3 cm³/mol. The van der Waals surface area contributed by atoms with Crippen LogP contribution in [-0.2, 0) is 0 Å². The Balaban J connectivity index is 2.10. The zero-order valence-corrected chi connectivity index (χ0v) is 9.44. The maximum atomic E-state index is 11.9. The molecule has 1 amide bonds. The van der Waals surface area contributed by atoms with E-state index < -0.39 is 0 Å². The third kappa shape index (κ3) is 2.13. The van der Waals surface area contributed by atoms with Crippen LogP contribution in [0.5, 0.6) is 0 Å². The van der Waals surface area contributed by atoms with Crippen molar-refractivity contribution in [3.05, 3.63) is 28.8 Å². The van der Waals surface area contributed by atoms with Crippen LogP contribution >= 0.6 is 11.6 Å². The molecule has 0 radical (unpaired) electrons. The second kappa shape index (κ2) is 4.31. The quantitative estimate of drug-likeness (QED) is 0.758. The molecule has 0 atom stereocenters. The lowest BCUT2D eigenvalue weighted by Gasteiger charge is -2.38. The minimum Gasteiger partial charge on any atom is -0.399 e. The number of nitrogen functional groups attached to an aromatic ring is 1. The topological polar surface area (TPSA) is 66.6 Å². The highest BCUT2D eigenvalue weighted by atomic mass is 35.5. The van der Waals surface area contributed by atoms with Crippen LogP contribution < -0.4 is 5.73 Å². The fraction of sp³-hybridized carbons (Fsp3) is 0.364. The van der Waals surface area contributed by atoms with Crippen molar-refractivity contribution in [2.45, 2.75) is 0 Å². The Morgan fingerprint density at radius 1 is 1.50 bits per heavy atom. The predicted octanol–water partition coefficient (Wildman–Crippen LogP) is 0.987. The van der Waals surface area contributed by atoms with E-state index in [2.05, 4.69) is 0 Å². The number of anilines is 1. The van der Waals surface area contributed by atoms with Gasteiger partial charge in [-0.3, -0.25) is 4.79 Å². The van der Waals surface area contributed by atoms with Crippen molar-refractivity contribution in [3.8, 4) is 0 Å². The number of hydrogen-bond acceptors (Lipinski definition) is 3. The van der Waals surface area contributed by atoms with Gasteiger partial charge in [-0.15, -0.1) is 0 Å². The van der Waals surface area contributed by atoms with Crippen LogP contribution in [0.2, 0.25) is 5.02 Å². The number of benzene rings is 1. The lowest BCUT2D eigenvalue weighted by molar-refractivity contribution is 0.0362. The van der Waals surface area contributed by atoms with Crippen molar-refractivity contribution in [2.24, 2.45) is 5.92 Å². The summed E-state index contributed by atoms with van der Waals surface area (Å²) in [7, 11) is 0. The molecule has 86 valence electrons.